The highest BCUT2D eigenvalue weighted by Crippen LogP contribution is 2.57. The van der Waals surface area contributed by atoms with Gasteiger partial charge in [0.15, 0.2) is 5.75 Å². The van der Waals surface area contributed by atoms with Crippen LogP contribution in [0.3, 0.4) is 0 Å². The molecule has 4 heterocycles. The van der Waals surface area contributed by atoms with Crippen molar-refractivity contribution < 1.29 is 36.9 Å². The smallest absolute Gasteiger partial charge is 0.397 e. The molecule has 2 saturated heterocycles. The van der Waals surface area contributed by atoms with Crippen LogP contribution in [0.25, 0.3) is 0 Å². The molecule has 11 heteroatoms. The maximum absolute atomic E-state index is 13.2. The van der Waals surface area contributed by atoms with Crippen LogP contribution in [-0.4, -0.2) is 66.7 Å². The highest BCUT2D eigenvalue weighted by Gasteiger charge is 2.64. The van der Waals surface area contributed by atoms with Crippen LogP contribution in [0.1, 0.15) is 35.4 Å². The Morgan fingerprint density at radius 2 is 2.06 bits per heavy atom. The number of aromatic nitrogens is 2. The molecule has 0 unspecified atom stereocenters. The fourth-order valence-electron chi connectivity index (χ4n) is 4.48. The van der Waals surface area contributed by atoms with Crippen LogP contribution in [0.5, 0.6) is 11.6 Å². The van der Waals surface area contributed by atoms with Gasteiger partial charge in [0.2, 0.25) is 0 Å². The number of pyridine rings is 2. The molecule has 3 fully saturated rings. The summed E-state index contributed by atoms with van der Waals surface area (Å²) < 4.78 is 61.9. The minimum atomic E-state index is -4.33. The van der Waals surface area contributed by atoms with Crippen molar-refractivity contribution in [3.63, 3.8) is 0 Å². The lowest BCUT2D eigenvalue weighted by atomic mass is 9.85. The van der Waals surface area contributed by atoms with E-state index in [1.807, 2.05) is 18.2 Å². The molecule has 2 aromatic rings. The molecule has 2 atom stereocenters. The number of hydrogen-bond acceptors (Lipinski definition) is 7. The van der Waals surface area contributed by atoms with E-state index in [0.717, 1.165) is 5.69 Å². The molecule has 3 aliphatic rings. The van der Waals surface area contributed by atoms with Gasteiger partial charge in [-0.3, -0.25) is 9.78 Å². The van der Waals surface area contributed by atoms with Gasteiger partial charge in [-0.25, -0.2) is 4.98 Å². The third-order valence-corrected chi connectivity index (χ3v) is 6.83. The van der Waals surface area contributed by atoms with Crippen molar-refractivity contribution in [2.45, 2.75) is 37.1 Å². The second-order valence-corrected chi connectivity index (χ2v) is 8.79. The van der Waals surface area contributed by atoms with Gasteiger partial charge in [-0.1, -0.05) is 6.07 Å². The normalized spacial score (nSPS) is 25.5. The molecule has 0 spiro atoms. The maximum Gasteiger partial charge on any atom is 0.397 e. The van der Waals surface area contributed by atoms with Crippen molar-refractivity contribution in [1.82, 2.24) is 14.9 Å². The fourth-order valence-corrected chi connectivity index (χ4v) is 4.48. The van der Waals surface area contributed by atoms with E-state index in [9.17, 15) is 18.0 Å². The molecule has 0 bridgehead atoms. The van der Waals surface area contributed by atoms with Gasteiger partial charge in [0.05, 0.1) is 19.3 Å². The minimum Gasteiger partial charge on any atom is -0.487 e. The Bertz CT molecular complexity index is 1060. The molecule has 0 radical (unpaired) electrons. The fraction of sp³-hybridized carbons (Fsp3) is 0.522. The van der Waals surface area contributed by atoms with Crippen LogP contribution in [0, 0.1) is 5.41 Å². The van der Waals surface area contributed by atoms with Crippen LogP contribution in [0.2, 0.25) is 0 Å². The Kier molecular flexibility index (Phi) is 5.64. The van der Waals surface area contributed by atoms with E-state index in [-0.39, 0.29) is 55.5 Å². The van der Waals surface area contributed by atoms with Gasteiger partial charge in [0.1, 0.15) is 36.2 Å². The quantitative estimate of drug-likeness (QED) is 0.629. The predicted molar refractivity (Wildman–Crippen MR) is 111 cm³/mol. The van der Waals surface area contributed by atoms with Gasteiger partial charge >= 0.3 is 6.18 Å². The average Bonchev–Trinajstić information content (AvgIpc) is 3.54. The van der Waals surface area contributed by atoms with Gasteiger partial charge in [0.25, 0.3) is 11.8 Å². The van der Waals surface area contributed by atoms with Crippen molar-refractivity contribution in [2.24, 2.45) is 5.41 Å². The van der Waals surface area contributed by atoms with E-state index in [1.165, 1.54) is 19.2 Å². The molecular weight excluding hydrogens is 455 g/mol. The van der Waals surface area contributed by atoms with Crippen molar-refractivity contribution in [3.8, 4) is 11.6 Å². The number of carbonyl (C=O) groups excluding carboxylic acids is 1. The summed E-state index contributed by atoms with van der Waals surface area (Å²) in [5, 5.41) is 0. The molecule has 182 valence electrons. The van der Waals surface area contributed by atoms with E-state index in [2.05, 4.69) is 9.97 Å². The van der Waals surface area contributed by atoms with Crippen molar-refractivity contribution in [1.29, 1.82) is 0 Å². The molecule has 34 heavy (non-hydrogen) atoms. The summed E-state index contributed by atoms with van der Waals surface area (Å²) >= 11 is 0. The number of alkyl halides is 3. The van der Waals surface area contributed by atoms with Crippen molar-refractivity contribution >= 4 is 5.91 Å². The molecule has 1 saturated carbocycles. The molecular formula is C23H24F3N3O5. The van der Waals surface area contributed by atoms with Gasteiger partial charge in [-0.15, -0.1) is 0 Å². The Hall–Kier alpha value is -2.92. The van der Waals surface area contributed by atoms with Gasteiger partial charge < -0.3 is 23.8 Å². The van der Waals surface area contributed by atoms with Crippen molar-refractivity contribution in [2.75, 3.05) is 33.6 Å². The zero-order chi connectivity index (χ0) is 24.0. The summed E-state index contributed by atoms with van der Waals surface area (Å²) in [6.07, 6.45) is -2.45. The standard InChI is InChI=1S/C23H24F3N3O5/c1-31-19-16(32-13-21(7-8-21)23(24,25)26)6-5-15(28-19)20(30)29-11-9-22(17-4-2-3-10-27-17)18(12-29)33-14-34-22/h2-6,10,18H,7-9,11-14H2,1H3/t18-,22-/m1/s1. The van der Waals surface area contributed by atoms with E-state index in [0.29, 0.717) is 13.0 Å². The molecule has 0 N–H and O–H groups in total. The van der Waals surface area contributed by atoms with Gasteiger partial charge in [-0.05, 0) is 37.1 Å². The molecule has 8 nitrogen and oxygen atoms in total. The second kappa shape index (κ2) is 8.38. The number of likely N-dealkylation sites (tertiary alicyclic amines) is 1. The first-order chi connectivity index (χ1) is 16.3. The zero-order valence-electron chi connectivity index (χ0n) is 18.5. The monoisotopic (exact) mass is 479 g/mol. The Morgan fingerprint density at radius 1 is 1.24 bits per heavy atom. The van der Waals surface area contributed by atoms with E-state index in [4.69, 9.17) is 18.9 Å². The number of ether oxygens (including phenoxy) is 4. The summed E-state index contributed by atoms with van der Waals surface area (Å²) in [6.45, 7) is 0.279. The predicted octanol–water partition coefficient (Wildman–Crippen LogP) is 3.32. The highest BCUT2D eigenvalue weighted by molar-refractivity contribution is 5.92. The van der Waals surface area contributed by atoms with Crippen LogP contribution in [-0.2, 0) is 15.1 Å². The summed E-state index contributed by atoms with van der Waals surface area (Å²) in [5.74, 6) is -0.317. The van der Waals surface area contributed by atoms with E-state index in [1.54, 1.807) is 11.1 Å². The van der Waals surface area contributed by atoms with Crippen LogP contribution < -0.4 is 9.47 Å². The third-order valence-electron chi connectivity index (χ3n) is 6.83. The number of hydrogen-bond donors (Lipinski definition) is 0. The number of methoxy groups -OCH3 is 1. The SMILES string of the molecule is COc1nc(C(=O)N2CC[C@]3(c4ccccn4)OCO[C@@H]3C2)ccc1OCC1(C(F)(F)F)CC1. The molecule has 0 aromatic carbocycles. The Morgan fingerprint density at radius 3 is 2.74 bits per heavy atom. The lowest BCUT2D eigenvalue weighted by Crippen LogP contribution is -2.54. The third kappa shape index (κ3) is 3.86. The van der Waals surface area contributed by atoms with E-state index < -0.39 is 23.8 Å². The molecule has 2 aromatic heterocycles. The number of nitrogens with zero attached hydrogens (tertiary/aromatic N) is 3. The summed E-state index contributed by atoms with van der Waals surface area (Å²) in [4.78, 5) is 23.4. The van der Waals surface area contributed by atoms with Gasteiger partial charge in [-0.2, -0.15) is 13.2 Å². The number of rotatable bonds is 6. The largest absolute Gasteiger partial charge is 0.487 e. The minimum absolute atomic E-state index is 0.0325. The first kappa shape index (κ1) is 22.9. The molecule has 1 amide bonds. The van der Waals surface area contributed by atoms with E-state index >= 15 is 0 Å². The lowest BCUT2D eigenvalue weighted by Gasteiger charge is -2.41. The summed E-state index contributed by atoms with van der Waals surface area (Å²) in [7, 11) is 1.33. The first-order valence-corrected chi connectivity index (χ1v) is 11.0. The van der Waals surface area contributed by atoms with Crippen molar-refractivity contribution in [3.05, 3.63) is 47.9 Å². The maximum atomic E-state index is 13.2. The van der Waals surface area contributed by atoms with Gasteiger partial charge in [0, 0.05) is 19.2 Å². The second-order valence-electron chi connectivity index (χ2n) is 8.79. The zero-order valence-corrected chi connectivity index (χ0v) is 18.5. The number of piperidine rings is 1. The Balaban J connectivity index is 1.29. The van der Waals surface area contributed by atoms with Crippen LogP contribution >= 0.6 is 0 Å². The van der Waals surface area contributed by atoms with Crippen LogP contribution in [0.4, 0.5) is 13.2 Å². The lowest BCUT2D eigenvalue weighted by molar-refractivity contribution is -0.194. The molecule has 2 aliphatic heterocycles. The van der Waals surface area contributed by atoms with Crippen LogP contribution in [0.15, 0.2) is 36.5 Å². The number of amides is 1. The number of halogens is 3. The first-order valence-electron chi connectivity index (χ1n) is 11.0. The molecule has 1 aliphatic carbocycles. The number of carbonyl (C=O) groups is 1. The summed E-state index contributed by atoms with van der Waals surface area (Å²) in [6, 6.07) is 8.44. The topological polar surface area (TPSA) is 83.0 Å². The molecule has 5 rings (SSSR count). The number of fused-ring (bicyclic) bond motifs is 1. The average molecular weight is 479 g/mol. The Labute approximate surface area is 194 Å². The highest BCUT2D eigenvalue weighted by atomic mass is 19.4. The summed E-state index contributed by atoms with van der Waals surface area (Å²) in [5.41, 5.74) is -1.66.